The number of esters is 1. The van der Waals surface area contributed by atoms with E-state index in [0.717, 1.165) is 6.20 Å². The number of alkyl halides is 1. The van der Waals surface area contributed by atoms with E-state index in [2.05, 4.69) is 9.72 Å². The van der Waals surface area contributed by atoms with E-state index in [-0.39, 0.29) is 5.56 Å². The number of carbonyl (C=O) groups is 1. The van der Waals surface area contributed by atoms with Gasteiger partial charge >= 0.3 is 5.97 Å². The van der Waals surface area contributed by atoms with Gasteiger partial charge < -0.3 is 30.5 Å². The van der Waals surface area contributed by atoms with Crippen molar-refractivity contribution in [2.75, 3.05) is 6.56 Å². The van der Waals surface area contributed by atoms with Crippen LogP contribution in [0.1, 0.15) is 29.7 Å². The first-order valence-electron chi connectivity index (χ1n) is 9.32. The largest absolute Gasteiger partial charge is 0.458 e. The van der Waals surface area contributed by atoms with Crippen LogP contribution in [0.3, 0.4) is 0 Å². The number of aromatic amines is 1. The molecular formula is C15H22FN3O7S. The molecule has 0 aliphatic carbocycles. The van der Waals surface area contributed by atoms with Gasteiger partial charge in [-0.05, 0) is 18.1 Å². The molecule has 1 fully saturated rings. The van der Waals surface area contributed by atoms with Crippen molar-refractivity contribution in [3.8, 4) is 0 Å². The van der Waals surface area contributed by atoms with Crippen molar-refractivity contribution in [3.63, 3.8) is 0 Å². The number of nitrogens with two attached hydrogens (primary N) is 1. The van der Waals surface area contributed by atoms with Gasteiger partial charge in [-0.15, -0.1) is 0 Å². The van der Waals surface area contributed by atoms with E-state index in [1.54, 1.807) is 0 Å². The topological polar surface area (TPSA) is 160 Å². The number of rotatable bonds is 6. The number of halogens is 1. The zero-order valence-electron chi connectivity index (χ0n) is 17.4. The highest BCUT2D eigenvalue weighted by Crippen LogP contribution is 2.38. The SMILES string of the molecule is [2H]C([2H])(OC(=O)[C@@H](N)C(C)C)[C@@]1(F)O[C@@]([2H])(n2cc(CO)c(=O)[nH]c2=S)[C@H](O)[C@@H]1O. The van der Waals surface area contributed by atoms with Gasteiger partial charge in [-0.3, -0.25) is 19.1 Å². The van der Waals surface area contributed by atoms with Crippen molar-refractivity contribution in [2.45, 2.75) is 50.8 Å². The summed E-state index contributed by atoms with van der Waals surface area (Å²) in [5.74, 6) is -5.76. The predicted octanol–water partition coefficient (Wildman–Crippen LogP) is -1.16. The predicted molar refractivity (Wildman–Crippen MR) is 91.6 cm³/mol. The number of aromatic nitrogens is 2. The number of hydrogen-bond acceptors (Lipinski definition) is 9. The summed E-state index contributed by atoms with van der Waals surface area (Å²) in [5, 5.41) is 29.7. The average molecular weight is 410 g/mol. The first kappa shape index (κ1) is 17.4. The van der Waals surface area contributed by atoms with Crippen LogP contribution in [0.15, 0.2) is 11.0 Å². The number of hydrogen-bond donors (Lipinski definition) is 5. The molecule has 1 aliphatic rings. The minimum absolute atomic E-state index is 0.339. The minimum atomic E-state index is -3.93. The van der Waals surface area contributed by atoms with E-state index in [9.17, 15) is 24.9 Å². The summed E-state index contributed by atoms with van der Waals surface area (Å²) >= 11 is 4.86. The van der Waals surface area contributed by atoms with Crippen molar-refractivity contribution in [1.82, 2.24) is 9.55 Å². The number of H-pyrrole nitrogens is 1. The van der Waals surface area contributed by atoms with Crippen LogP contribution in [0.4, 0.5) is 4.39 Å². The Morgan fingerprint density at radius 3 is 2.85 bits per heavy atom. The van der Waals surface area contributed by atoms with Crippen LogP contribution < -0.4 is 11.3 Å². The van der Waals surface area contributed by atoms with Gasteiger partial charge in [0.2, 0.25) is 0 Å². The second kappa shape index (κ2) is 8.12. The van der Waals surface area contributed by atoms with Gasteiger partial charge in [-0.25, -0.2) is 4.39 Å². The minimum Gasteiger partial charge on any atom is -0.458 e. The molecule has 6 N–H and O–H groups in total. The Morgan fingerprint density at radius 2 is 2.30 bits per heavy atom. The Kier molecular flexibility index (Phi) is 5.24. The highest BCUT2D eigenvalue weighted by molar-refractivity contribution is 7.71. The maximum Gasteiger partial charge on any atom is 0.323 e. The fraction of sp³-hybridized carbons (Fsp3) is 0.667. The molecule has 1 aromatic heterocycles. The molecule has 0 bridgehead atoms. The molecular weight excluding hydrogens is 385 g/mol. The normalized spacial score (nSPS) is 34.0. The zero-order chi connectivity index (χ0) is 23.2. The van der Waals surface area contributed by atoms with Crippen LogP contribution in [0.25, 0.3) is 0 Å². The van der Waals surface area contributed by atoms with Crippen LogP contribution in [-0.4, -0.2) is 61.5 Å². The lowest BCUT2D eigenvalue weighted by Crippen LogP contribution is -2.46. The molecule has 0 radical (unpaired) electrons. The monoisotopic (exact) mass is 410 g/mol. The maximum absolute atomic E-state index is 15.5. The van der Waals surface area contributed by atoms with Gasteiger partial charge in [0, 0.05) is 6.20 Å². The van der Waals surface area contributed by atoms with Gasteiger partial charge in [-0.2, -0.15) is 0 Å². The van der Waals surface area contributed by atoms with Crippen LogP contribution in [0.5, 0.6) is 0 Å². The molecule has 1 saturated heterocycles. The second-order valence-corrected chi connectivity index (χ2v) is 6.60. The number of aliphatic hydroxyl groups excluding tert-OH is 3. The van der Waals surface area contributed by atoms with Gasteiger partial charge in [0.15, 0.2) is 17.5 Å². The molecule has 1 aliphatic heterocycles. The van der Waals surface area contributed by atoms with Crippen molar-refractivity contribution < 1.29 is 38.1 Å². The Labute approximate surface area is 162 Å². The number of aliphatic hydroxyl groups is 3. The van der Waals surface area contributed by atoms with Crippen LogP contribution in [-0.2, 0) is 20.9 Å². The Balaban J connectivity index is 2.50. The van der Waals surface area contributed by atoms with E-state index in [0.29, 0.717) is 4.57 Å². The van der Waals surface area contributed by atoms with Crippen molar-refractivity contribution in [3.05, 3.63) is 26.9 Å². The Hall–Kier alpha value is -1.70. The lowest BCUT2D eigenvalue weighted by molar-refractivity contribution is -0.217. The number of nitrogens with zero attached hydrogens (tertiary/aromatic N) is 1. The van der Waals surface area contributed by atoms with Crippen molar-refractivity contribution in [2.24, 2.45) is 11.7 Å². The third kappa shape index (κ3) is 4.25. The fourth-order valence-corrected chi connectivity index (χ4v) is 2.37. The summed E-state index contributed by atoms with van der Waals surface area (Å²) < 4.78 is 48.6. The van der Waals surface area contributed by atoms with Crippen molar-refractivity contribution >= 4 is 18.2 Å². The molecule has 0 unspecified atom stereocenters. The summed E-state index contributed by atoms with van der Waals surface area (Å²) in [6, 6.07) is -1.33. The van der Waals surface area contributed by atoms with E-state index < -0.39 is 65.7 Å². The average Bonchev–Trinajstić information content (AvgIpc) is 2.82. The van der Waals surface area contributed by atoms with Crippen molar-refractivity contribution in [1.29, 1.82) is 0 Å². The summed E-state index contributed by atoms with van der Waals surface area (Å²) in [6.07, 6.45) is -7.40. The molecule has 1 aromatic rings. The maximum atomic E-state index is 15.5. The molecule has 10 nitrogen and oxygen atoms in total. The lowest BCUT2D eigenvalue weighted by Gasteiger charge is -2.24. The smallest absolute Gasteiger partial charge is 0.323 e. The lowest BCUT2D eigenvalue weighted by atomic mass is 10.1. The van der Waals surface area contributed by atoms with Gasteiger partial charge in [0.05, 0.1) is 16.3 Å². The summed E-state index contributed by atoms with van der Waals surface area (Å²) in [4.78, 5) is 25.8. The van der Waals surface area contributed by atoms with Gasteiger partial charge in [-0.1, -0.05) is 13.8 Å². The molecule has 2 heterocycles. The summed E-state index contributed by atoms with van der Waals surface area (Å²) in [6.45, 7) is -1.44. The standard InChI is InChI=1S/C15H22FN3O7S/c1-6(2)8(17)13(24)25-5-15(16)10(22)9(21)12(26-15)19-3-7(4-20)11(23)18-14(19)27/h3,6,8-10,12,20-22H,4-5,17H2,1-2H3,(H,18,23,27)/t8-,9+,10-,12+,15+/m0/s1/i5D2,12D. The fourth-order valence-electron chi connectivity index (χ4n) is 2.13. The molecule has 12 heteroatoms. The second-order valence-electron chi connectivity index (χ2n) is 6.21. The molecule has 0 amide bonds. The highest BCUT2D eigenvalue weighted by atomic mass is 32.1. The highest BCUT2D eigenvalue weighted by Gasteiger charge is 2.57. The summed E-state index contributed by atoms with van der Waals surface area (Å²) in [5.41, 5.74) is 4.39. The molecule has 0 aromatic carbocycles. The number of carbonyl (C=O) groups excluding carboxylic acids is 1. The number of ether oxygens (including phenoxy) is 2. The van der Waals surface area contributed by atoms with E-state index in [4.69, 9.17) is 26.8 Å². The quantitative estimate of drug-likeness (QED) is 0.288. The molecule has 152 valence electrons. The molecule has 0 saturated carbocycles. The van der Waals surface area contributed by atoms with Crippen LogP contribution in [0, 0.1) is 10.7 Å². The molecule has 0 spiro atoms. The van der Waals surface area contributed by atoms with E-state index >= 15 is 4.39 Å². The van der Waals surface area contributed by atoms with Crippen LogP contribution >= 0.6 is 12.2 Å². The van der Waals surface area contributed by atoms with Gasteiger partial charge in [0.25, 0.3) is 11.4 Å². The Morgan fingerprint density at radius 1 is 1.67 bits per heavy atom. The van der Waals surface area contributed by atoms with Crippen LogP contribution in [0.2, 0.25) is 0 Å². The Bertz CT molecular complexity index is 945. The van der Waals surface area contributed by atoms with E-state index in [1.807, 2.05) is 0 Å². The first-order valence-corrected chi connectivity index (χ1v) is 8.23. The summed E-state index contributed by atoms with van der Waals surface area (Å²) in [7, 11) is 0. The zero-order valence-corrected chi connectivity index (χ0v) is 15.2. The van der Waals surface area contributed by atoms with E-state index in [1.165, 1.54) is 13.8 Å². The molecule has 5 atom stereocenters. The molecule has 2 rings (SSSR count). The third-order valence-corrected chi connectivity index (χ3v) is 4.19. The van der Waals surface area contributed by atoms with Gasteiger partial charge in [0.1, 0.15) is 18.2 Å². The molecule has 27 heavy (non-hydrogen) atoms. The first-order chi connectivity index (χ1) is 13.6. The number of nitrogens with one attached hydrogen (secondary N) is 1. The third-order valence-electron chi connectivity index (χ3n) is 3.89.